The lowest BCUT2D eigenvalue weighted by Crippen LogP contribution is -2.28. The van der Waals surface area contributed by atoms with E-state index in [4.69, 9.17) is 17.3 Å². The Bertz CT molecular complexity index is 555. The molecule has 0 radical (unpaired) electrons. The fourth-order valence-corrected chi connectivity index (χ4v) is 3.61. The highest BCUT2D eigenvalue weighted by Gasteiger charge is 2.48. The number of nitrogens with one attached hydrogen (secondary N) is 1. The third kappa shape index (κ3) is 2.56. The van der Waals surface area contributed by atoms with Gasteiger partial charge in [-0.05, 0) is 30.0 Å². The molecular formula is C11H15ClN2O2S. The highest BCUT2D eigenvalue weighted by atomic mass is 35.5. The van der Waals surface area contributed by atoms with E-state index in [-0.39, 0.29) is 21.4 Å². The van der Waals surface area contributed by atoms with Crippen LogP contribution in [-0.2, 0) is 10.0 Å². The number of nitrogens with two attached hydrogens (primary N) is 1. The summed E-state index contributed by atoms with van der Waals surface area (Å²) >= 11 is 5.89. The van der Waals surface area contributed by atoms with E-state index in [1.54, 1.807) is 0 Å². The summed E-state index contributed by atoms with van der Waals surface area (Å²) in [6.45, 7) is 4.04. The van der Waals surface area contributed by atoms with Gasteiger partial charge in [-0.3, -0.25) is 0 Å². The van der Waals surface area contributed by atoms with Crippen LogP contribution in [0.2, 0.25) is 5.02 Å². The molecule has 1 aliphatic carbocycles. The fraction of sp³-hybridized carbons (Fsp3) is 0.455. The zero-order valence-corrected chi connectivity index (χ0v) is 11.3. The zero-order chi connectivity index (χ0) is 12.8. The maximum absolute atomic E-state index is 12.1. The first-order valence-corrected chi connectivity index (χ1v) is 7.16. The minimum Gasteiger partial charge on any atom is -0.399 e. The maximum atomic E-state index is 12.1. The number of nitrogen functional groups attached to an aromatic ring is 1. The van der Waals surface area contributed by atoms with Crippen LogP contribution in [0.4, 0.5) is 5.69 Å². The fourth-order valence-electron chi connectivity index (χ4n) is 1.65. The highest BCUT2D eigenvalue weighted by Crippen LogP contribution is 2.45. The summed E-state index contributed by atoms with van der Waals surface area (Å²) in [6.07, 6.45) is 0.846. The summed E-state index contributed by atoms with van der Waals surface area (Å²) < 4.78 is 26.8. The molecule has 1 atom stereocenters. The molecule has 0 aliphatic heterocycles. The Hall–Kier alpha value is -0.780. The van der Waals surface area contributed by atoms with Gasteiger partial charge in [0.25, 0.3) is 0 Å². The molecule has 1 aliphatic rings. The number of rotatable bonds is 3. The standard InChI is InChI=1S/C11H15ClN2O2S/c1-11(2)6-10(11)14-17(15,16)9-4-3-7(13)5-8(9)12/h3-5,10,14H,6,13H2,1-2H3. The summed E-state index contributed by atoms with van der Waals surface area (Å²) in [4.78, 5) is 0.0797. The number of sulfonamides is 1. The first-order chi connectivity index (χ1) is 7.72. The first kappa shape index (κ1) is 12.7. The summed E-state index contributed by atoms with van der Waals surface area (Å²) in [6, 6.07) is 4.38. The summed E-state index contributed by atoms with van der Waals surface area (Å²) in [5.74, 6) is 0. The molecule has 6 heteroatoms. The van der Waals surface area contributed by atoms with Crippen molar-refractivity contribution in [3.8, 4) is 0 Å². The average Bonchev–Trinajstić information content (AvgIpc) is 2.70. The van der Waals surface area contributed by atoms with Gasteiger partial charge in [-0.2, -0.15) is 0 Å². The van der Waals surface area contributed by atoms with Crippen molar-refractivity contribution >= 4 is 27.3 Å². The normalized spacial score (nSPS) is 22.4. The van der Waals surface area contributed by atoms with Crippen LogP contribution in [0.25, 0.3) is 0 Å². The minimum atomic E-state index is -3.55. The lowest BCUT2D eigenvalue weighted by molar-refractivity contribution is 0.555. The van der Waals surface area contributed by atoms with Crippen molar-refractivity contribution in [2.75, 3.05) is 5.73 Å². The molecule has 0 saturated heterocycles. The molecule has 3 N–H and O–H groups in total. The lowest BCUT2D eigenvalue weighted by atomic mass is 10.2. The van der Waals surface area contributed by atoms with Gasteiger partial charge in [0.15, 0.2) is 0 Å². The Labute approximate surface area is 106 Å². The molecule has 1 aromatic carbocycles. The second-order valence-corrected chi connectivity index (χ2v) is 7.15. The number of benzene rings is 1. The van der Waals surface area contributed by atoms with Crippen molar-refractivity contribution in [2.24, 2.45) is 5.41 Å². The smallest absolute Gasteiger partial charge is 0.242 e. The Morgan fingerprint density at radius 1 is 1.47 bits per heavy atom. The Morgan fingerprint density at radius 3 is 2.53 bits per heavy atom. The summed E-state index contributed by atoms with van der Waals surface area (Å²) in [5, 5.41) is 0.149. The lowest BCUT2D eigenvalue weighted by Gasteiger charge is -2.09. The number of hydrogen-bond acceptors (Lipinski definition) is 3. The van der Waals surface area contributed by atoms with E-state index in [2.05, 4.69) is 4.72 Å². The predicted molar refractivity (Wildman–Crippen MR) is 68.4 cm³/mol. The molecule has 2 rings (SSSR count). The summed E-state index contributed by atoms with van der Waals surface area (Å²) in [5.41, 5.74) is 6.01. The van der Waals surface area contributed by atoms with Crippen LogP contribution >= 0.6 is 11.6 Å². The molecule has 94 valence electrons. The van der Waals surface area contributed by atoms with Crippen molar-refractivity contribution in [1.82, 2.24) is 4.72 Å². The first-order valence-electron chi connectivity index (χ1n) is 5.30. The van der Waals surface area contributed by atoms with E-state index in [9.17, 15) is 8.42 Å². The topological polar surface area (TPSA) is 72.2 Å². The highest BCUT2D eigenvalue weighted by molar-refractivity contribution is 7.89. The molecule has 17 heavy (non-hydrogen) atoms. The SMILES string of the molecule is CC1(C)CC1NS(=O)(=O)c1ccc(N)cc1Cl. The maximum Gasteiger partial charge on any atom is 0.242 e. The Balaban J connectivity index is 2.26. The van der Waals surface area contributed by atoms with E-state index in [1.165, 1.54) is 18.2 Å². The minimum absolute atomic E-state index is 0.0129. The molecular weight excluding hydrogens is 260 g/mol. The van der Waals surface area contributed by atoms with Crippen LogP contribution in [0.15, 0.2) is 23.1 Å². The molecule has 1 unspecified atom stereocenters. The molecule has 0 aromatic heterocycles. The second-order valence-electron chi connectivity index (χ2n) is 5.06. The molecule has 0 spiro atoms. The van der Waals surface area contributed by atoms with Crippen LogP contribution in [-0.4, -0.2) is 14.5 Å². The van der Waals surface area contributed by atoms with E-state index < -0.39 is 10.0 Å². The Kier molecular flexibility index (Phi) is 2.88. The zero-order valence-electron chi connectivity index (χ0n) is 9.70. The van der Waals surface area contributed by atoms with E-state index in [0.29, 0.717) is 5.69 Å². The van der Waals surface area contributed by atoms with Crippen LogP contribution in [0.5, 0.6) is 0 Å². The van der Waals surface area contributed by atoms with Crippen molar-refractivity contribution in [3.63, 3.8) is 0 Å². The van der Waals surface area contributed by atoms with Gasteiger partial charge in [0.2, 0.25) is 10.0 Å². The van der Waals surface area contributed by atoms with Gasteiger partial charge in [-0.1, -0.05) is 25.4 Å². The predicted octanol–water partition coefficient (Wildman–Crippen LogP) is 2.00. The Morgan fingerprint density at radius 2 is 2.06 bits per heavy atom. The van der Waals surface area contributed by atoms with Crippen molar-refractivity contribution < 1.29 is 8.42 Å². The second kappa shape index (κ2) is 3.86. The van der Waals surface area contributed by atoms with Gasteiger partial charge in [-0.15, -0.1) is 0 Å². The summed E-state index contributed by atoms with van der Waals surface area (Å²) in [7, 11) is -3.55. The van der Waals surface area contributed by atoms with Gasteiger partial charge in [0.1, 0.15) is 4.90 Å². The average molecular weight is 275 g/mol. The third-order valence-electron chi connectivity index (χ3n) is 3.06. The van der Waals surface area contributed by atoms with Crippen LogP contribution in [0.1, 0.15) is 20.3 Å². The number of halogens is 1. The number of anilines is 1. The van der Waals surface area contributed by atoms with Gasteiger partial charge < -0.3 is 5.73 Å². The molecule has 4 nitrogen and oxygen atoms in total. The monoisotopic (exact) mass is 274 g/mol. The van der Waals surface area contributed by atoms with Crippen LogP contribution < -0.4 is 10.5 Å². The van der Waals surface area contributed by atoms with E-state index in [1.807, 2.05) is 13.8 Å². The van der Waals surface area contributed by atoms with Crippen molar-refractivity contribution in [3.05, 3.63) is 23.2 Å². The van der Waals surface area contributed by atoms with Gasteiger partial charge in [0, 0.05) is 11.7 Å². The molecule has 0 heterocycles. The molecule has 1 saturated carbocycles. The molecule has 1 fully saturated rings. The van der Waals surface area contributed by atoms with Crippen LogP contribution in [0, 0.1) is 5.41 Å². The quantitative estimate of drug-likeness (QED) is 0.828. The van der Waals surface area contributed by atoms with Gasteiger partial charge >= 0.3 is 0 Å². The molecule has 0 bridgehead atoms. The molecule has 1 aromatic rings. The van der Waals surface area contributed by atoms with Crippen LogP contribution in [0.3, 0.4) is 0 Å². The van der Waals surface area contributed by atoms with Gasteiger partial charge in [0.05, 0.1) is 5.02 Å². The van der Waals surface area contributed by atoms with E-state index >= 15 is 0 Å². The van der Waals surface area contributed by atoms with Gasteiger partial charge in [-0.25, -0.2) is 13.1 Å². The number of hydrogen-bond donors (Lipinski definition) is 2. The van der Waals surface area contributed by atoms with E-state index in [0.717, 1.165) is 6.42 Å². The largest absolute Gasteiger partial charge is 0.399 e. The van der Waals surface area contributed by atoms with Crippen molar-refractivity contribution in [1.29, 1.82) is 0 Å². The van der Waals surface area contributed by atoms with Crippen molar-refractivity contribution in [2.45, 2.75) is 31.2 Å². The third-order valence-corrected chi connectivity index (χ3v) is 5.01. The molecule has 0 amide bonds.